The molecule has 1 fully saturated rings. The minimum Gasteiger partial charge on any atom is -0.379 e. The minimum atomic E-state index is -4.91. The number of rotatable bonds is 4. The molecule has 0 spiro atoms. The van der Waals surface area contributed by atoms with Crippen molar-refractivity contribution in [2.75, 3.05) is 12.8 Å². The van der Waals surface area contributed by atoms with Gasteiger partial charge >= 0.3 is 6.18 Å². The maximum atomic E-state index is 12.5. The van der Waals surface area contributed by atoms with Crippen molar-refractivity contribution < 1.29 is 31.5 Å². The number of halogens is 3. The second-order valence-electron chi connectivity index (χ2n) is 5.43. The molecular weight excluding hydrogens is 299 g/mol. The fourth-order valence-corrected chi connectivity index (χ4v) is 3.67. The summed E-state index contributed by atoms with van der Waals surface area (Å²) in [6.45, 7) is -0.554. The van der Waals surface area contributed by atoms with Crippen LogP contribution in [0, 0.1) is 0 Å². The summed E-state index contributed by atoms with van der Waals surface area (Å²) in [5, 5.41) is 11.2. The monoisotopic (exact) mass is 317 g/mol. The molecule has 0 aromatic heterocycles. The lowest BCUT2D eigenvalue weighted by Crippen LogP contribution is -2.56. The third-order valence-corrected chi connectivity index (χ3v) is 5.75. The number of carbonyl (C=O) groups is 1. The lowest BCUT2D eigenvalue weighted by Gasteiger charge is -2.30. The van der Waals surface area contributed by atoms with Gasteiger partial charge in [-0.15, -0.1) is 0 Å². The average molecular weight is 317 g/mol. The van der Waals surface area contributed by atoms with Gasteiger partial charge in [-0.05, 0) is 19.8 Å². The van der Waals surface area contributed by atoms with Crippen LogP contribution in [0.3, 0.4) is 0 Å². The first-order valence-electron chi connectivity index (χ1n) is 6.10. The third-order valence-electron chi connectivity index (χ3n) is 3.74. The predicted octanol–water partition coefficient (Wildman–Crippen LogP) is 0.773. The molecule has 1 rings (SSSR count). The number of hydrogen-bond acceptors (Lipinski definition) is 4. The second-order valence-corrected chi connectivity index (χ2v) is 7.75. The Morgan fingerprint density at radius 1 is 1.30 bits per heavy atom. The minimum absolute atomic E-state index is 0.0891. The molecule has 0 heterocycles. The van der Waals surface area contributed by atoms with Gasteiger partial charge in [0.1, 0.15) is 4.75 Å². The van der Waals surface area contributed by atoms with Gasteiger partial charge < -0.3 is 10.4 Å². The molecule has 0 aromatic rings. The maximum Gasteiger partial charge on any atom is 0.418 e. The van der Waals surface area contributed by atoms with E-state index in [1.165, 1.54) is 0 Å². The first-order valence-corrected chi connectivity index (χ1v) is 8.00. The van der Waals surface area contributed by atoms with Crippen LogP contribution in [0.2, 0.25) is 0 Å². The van der Waals surface area contributed by atoms with Crippen molar-refractivity contribution in [3.05, 3.63) is 0 Å². The molecule has 0 saturated heterocycles. The zero-order valence-corrected chi connectivity index (χ0v) is 12.1. The zero-order valence-electron chi connectivity index (χ0n) is 11.2. The molecule has 0 aliphatic heterocycles. The van der Waals surface area contributed by atoms with E-state index in [1.54, 1.807) is 0 Å². The van der Waals surface area contributed by atoms with E-state index in [-0.39, 0.29) is 12.8 Å². The van der Waals surface area contributed by atoms with E-state index in [9.17, 15) is 31.5 Å². The lowest BCUT2D eigenvalue weighted by atomic mass is 10.0. The Labute approximate surface area is 115 Å². The SMILES string of the molecule is C[C@@](O)(CNC(=O)C1(S(C)(=O)=O)CCCC1)C(F)(F)F. The van der Waals surface area contributed by atoms with Crippen molar-refractivity contribution >= 4 is 15.7 Å². The summed E-state index contributed by atoms with van der Waals surface area (Å²) in [5.41, 5.74) is -3.10. The highest BCUT2D eigenvalue weighted by molar-refractivity contribution is 7.92. The van der Waals surface area contributed by atoms with Gasteiger partial charge in [-0.25, -0.2) is 8.42 Å². The van der Waals surface area contributed by atoms with Gasteiger partial charge in [0.05, 0.1) is 6.54 Å². The number of hydrogen-bond donors (Lipinski definition) is 2. The quantitative estimate of drug-likeness (QED) is 0.802. The number of alkyl halides is 3. The standard InChI is InChI=1S/C11H18F3NO4S/c1-9(17,11(12,13)14)7-15-8(16)10(20(2,18)19)5-3-4-6-10/h17H,3-7H2,1-2H3,(H,15,16)/t9-/m1/s1. The van der Waals surface area contributed by atoms with Gasteiger partial charge in [-0.3, -0.25) is 4.79 Å². The smallest absolute Gasteiger partial charge is 0.379 e. The highest BCUT2D eigenvalue weighted by Gasteiger charge is 2.53. The van der Waals surface area contributed by atoms with Crippen molar-refractivity contribution in [1.29, 1.82) is 0 Å². The highest BCUT2D eigenvalue weighted by Crippen LogP contribution is 2.37. The first-order chi connectivity index (χ1) is 8.83. The van der Waals surface area contributed by atoms with Crippen LogP contribution in [-0.2, 0) is 14.6 Å². The van der Waals surface area contributed by atoms with E-state index in [0.717, 1.165) is 6.26 Å². The van der Waals surface area contributed by atoms with E-state index in [2.05, 4.69) is 0 Å². The van der Waals surface area contributed by atoms with Crippen molar-refractivity contribution in [1.82, 2.24) is 5.32 Å². The Balaban J connectivity index is 2.86. The largest absolute Gasteiger partial charge is 0.418 e. The number of carbonyl (C=O) groups excluding carboxylic acids is 1. The van der Waals surface area contributed by atoms with Crippen LogP contribution in [0.1, 0.15) is 32.6 Å². The van der Waals surface area contributed by atoms with Gasteiger partial charge in [0, 0.05) is 6.26 Å². The van der Waals surface area contributed by atoms with Crippen molar-refractivity contribution in [2.24, 2.45) is 0 Å². The molecule has 0 aromatic carbocycles. The van der Waals surface area contributed by atoms with Gasteiger partial charge in [0.2, 0.25) is 5.91 Å². The van der Waals surface area contributed by atoms with E-state index in [0.29, 0.717) is 19.8 Å². The molecule has 2 N–H and O–H groups in total. The van der Waals surface area contributed by atoms with Crippen molar-refractivity contribution in [3.8, 4) is 0 Å². The van der Waals surface area contributed by atoms with E-state index in [4.69, 9.17) is 0 Å². The lowest BCUT2D eigenvalue weighted by molar-refractivity contribution is -0.250. The third kappa shape index (κ3) is 3.08. The predicted molar refractivity (Wildman–Crippen MR) is 65.7 cm³/mol. The molecule has 5 nitrogen and oxygen atoms in total. The van der Waals surface area contributed by atoms with Crippen LogP contribution in [0.4, 0.5) is 13.2 Å². The molecule has 1 atom stereocenters. The number of sulfone groups is 1. The summed E-state index contributed by atoms with van der Waals surface area (Å²) in [7, 11) is -3.74. The van der Waals surface area contributed by atoms with E-state index in [1.807, 2.05) is 5.32 Å². The Morgan fingerprint density at radius 2 is 1.75 bits per heavy atom. The Hall–Kier alpha value is -0.830. The van der Waals surface area contributed by atoms with Gasteiger partial charge in [0.25, 0.3) is 0 Å². The van der Waals surface area contributed by atoms with E-state index >= 15 is 0 Å². The number of aliphatic hydroxyl groups is 1. The van der Waals surface area contributed by atoms with Crippen LogP contribution in [0.5, 0.6) is 0 Å². The van der Waals surface area contributed by atoms with Gasteiger partial charge in [-0.1, -0.05) is 12.8 Å². The number of nitrogens with one attached hydrogen (secondary N) is 1. The summed E-state index contributed by atoms with van der Waals surface area (Å²) in [4.78, 5) is 12.0. The second kappa shape index (κ2) is 5.18. The topological polar surface area (TPSA) is 83.5 Å². The fraction of sp³-hybridized carbons (Fsp3) is 0.909. The molecule has 1 saturated carbocycles. The summed E-state index contributed by atoms with van der Waals surface area (Å²) < 4.78 is 59.3. The normalized spacial score (nSPS) is 22.3. The average Bonchev–Trinajstić information content (AvgIpc) is 2.73. The molecule has 0 bridgehead atoms. The molecule has 20 heavy (non-hydrogen) atoms. The molecular formula is C11H18F3NO4S. The Morgan fingerprint density at radius 3 is 2.10 bits per heavy atom. The zero-order chi connectivity index (χ0) is 15.8. The summed E-state index contributed by atoms with van der Waals surface area (Å²) in [6, 6.07) is 0. The van der Waals surface area contributed by atoms with Crippen molar-refractivity contribution in [2.45, 2.75) is 49.1 Å². The molecule has 0 unspecified atom stereocenters. The number of amides is 1. The molecule has 9 heteroatoms. The first kappa shape index (κ1) is 17.2. The Bertz CT molecular complexity index is 478. The molecule has 1 aliphatic carbocycles. The van der Waals surface area contributed by atoms with Crippen molar-refractivity contribution in [3.63, 3.8) is 0 Å². The fourth-order valence-electron chi connectivity index (χ4n) is 2.23. The summed E-state index contributed by atoms with van der Waals surface area (Å²) in [6.07, 6.45) is -2.78. The van der Waals surface area contributed by atoms with Crippen LogP contribution in [0.15, 0.2) is 0 Å². The van der Waals surface area contributed by atoms with Crippen LogP contribution in [-0.4, -0.2) is 48.8 Å². The molecule has 1 amide bonds. The van der Waals surface area contributed by atoms with Gasteiger partial charge in [0.15, 0.2) is 15.4 Å². The van der Waals surface area contributed by atoms with E-state index < -0.39 is 38.8 Å². The summed E-state index contributed by atoms with van der Waals surface area (Å²) in [5.74, 6) is -0.970. The Kier molecular flexibility index (Phi) is 4.46. The highest BCUT2D eigenvalue weighted by atomic mass is 32.2. The molecule has 1 aliphatic rings. The maximum absolute atomic E-state index is 12.5. The van der Waals surface area contributed by atoms with Crippen LogP contribution < -0.4 is 5.32 Å². The molecule has 118 valence electrons. The van der Waals surface area contributed by atoms with Crippen LogP contribution >= 0.6 is 0 Å². The summed E-state index contributed by atoms with van der Waals surface area (Å²) >= 11 is 0. The molecule has 0 radical (unpaired) electrons. The van der Waals surface area contributed by atoms with Gasteiger partial charge in [-0.2, -0.15) is 13.2 Å². The van der Waals surface area contributed by atoms with Crippen LogP contribution in [0.25, 0.3) is 0 Å².